The zero-order valence-electron chi connectivity index (χ0n) is 9.22. The van der Waals surface area contributed by atoms with Crippen LogP contribution in [-0.2, 0) is 16.5 Å². The van der Waals surface area contributed by atoms with Gasteiger partial charge >= 0.3 is 6.18 Å². The van der Waals surface area contributed by atoms with Crippen LogP contribution in [0.25, 0.3) is 0 Å². The molecule has 0 radical (unpaired) electrons. The van der Waals surface area contributed by atoms with Gasteiger partial charge in [0.2, 0.25) is 6.08 Å². The molecule has 18 heavy (non-hydrogen) atoms. The molecular formula is C12H9BrF3NO. The largest absolute Gasteiger partial charge is 0.416 e. The molecule has 0 heterocycles. The van der Waals surface area contributed by atoms with E-state index in [1.54, 1.807) is 6.07 Å². The number of benzene rings is 1. The Morgan fingerprint density at radius 1 is 1.28 bits per heavy atom. The highest BCUT2D eigenvalue weighted by atomic mass is 79.9. The molecule has 6 heteroatoms. The molecule has 0 aliphatic heterocycles. The van der Waals surface area contributed by atoms with Crippen molar-refractivity contribution in [2.24, 2.45) is 4.99 Å². The van der Waals surface area contributed by atoms with Crippen LogP contribution in [0.2, 0.25) is 0 Å². The average molecular weight is 320 g/mol. The second-order valence-electron chi connectivity index (χ2n) is 4.31. The Labute approximate surface area is 110 Å². The molecule has 0 saturated heterocycles. The van der Waals surface area contributed by atoms with Gasteiger partial charge in [0.1, 0.15) is 0 Å². The van der Waals surface area contributed by atoms with Crippen molar-refractivity contribution in [1.82, 2.24) is 0 Å². The number of nitrogens with zero attached hydrogens (tertiary/aromatic N) is 1. The maximum Gasteiger partial charge on any atom is 0.416 e. The monoisotopic (exact) mass is 319 g/mol. The Bertz CT molecular complexity index is 517. The van der Waals surface area contributed by atoms with Crippen molar-refractivity contribution in [2.75, 3.05) is 0 Å². The molecule has 0 unspecified atom stereocenters. The van der Waals surface area contributed by atoms with Crippen molar-refractivity contribution in [2.45, 2.75) is 31.0 Å². The van der Waals surface area contributed by atoms with Gasteiger partial charge in [-0.15, -0.1) is 0 Å². The molecule has 1 aliphatic rings. The number of halogens is 4. The first kappa shape index (κ1) is 13.3. The summed E-state index contributed by atoms with van der Waals surface area (Å²) in [6, 6.07) is 3.65. The fourth-order valence-corrected chi connectivity index (χ4v) is 2.58. The summed E-state index contributed by atoms with van der Waals surface area (Å²) < 4.78 is 38.5. The zero-order chi connectivity index (χ0) is 13.4. The van der Waals surface area contributed by atoms with Crippen molar-refractivity contribution >= 4 is 22.0 Å². The first-order valence-corrected chi connectivity index (χ1v) is 6.14. The van der Waals surface area contributed by atoms with E-state index in [0.717, 1.165) is 18.6 Å². The van der Waals surface area contributed by atoms with Crippen LogP contribution >= 0.6 is 15.9 Å². The van der Waals surface area contributed by atoms with Crippen molar-refractivity contribution in [3.05, 3.63) is 33.8 Å². The second-order valence-corrected chi connectivity index (χ2v) is 5.23. The maximum absolute atomic E-state index is 12.7. The normalized spacial score (nSPS) is 17.8. The van der Waals surface area contributed by atoms with Gasteiger partial charge in [-0.25, -0.2) is 4.79 Å². The highest BCUT2D eigenvalue weighted by Gasteiger charge is 2.41. The lowest BCUT2D eigenvalue weighted by molar-refractivity contribution is -0.137. The highest BCUT2D eigenvalue weighted by Crippen LogP contribution is 2.46. The smallest absolute Gasteiger partial charge is 0.211 e. The molecule has 0 atom stereocenters. The molecule has 0 spiro atoms. The summed E-state index contributed by atoms with van der Waals surface area (Å²) in [4.78, 5) is 14.1. The Morgan fingerprint density at radius 2 is 1.94 bits per heavy atom. The van der Waals surface area contributed by atoms with Gasteiger partial charge in [0.05, 0.1) is 11.1 Å². The number of alkyl halides is 3. The third-order valence-electron chi connectivity index (χ3n) is 3.20. The molecule has 0 bridgehead atoms. The van der Waals surface area contributed by atoms with Crippen LogP contribution in [0.15, 0.2) is 27.7 Å². The van der Waals surface area contributed by atoms with Gasteiger partial charge in [0.15, 0.2) is 0 Å². The summed E-state index contributed by atoms with van der Waals surface area (Å²) >= 11 is 3.06. The summed E-state index contributed by atoms with van der Waals surface area (Å²) in [5.74, 6) is 0. The SMILES string of the molecule is O=C=NC1(c2cc(Br)cc(C(F)(F)F)c2)CCC1. The first-order valence-electron chi connectivity index (χ1n) is 5.35. The third kappa shape index (κ3) is 2.35. The van der Waals surface area contributed by atoms with E-state index in [9.17, 15) is 18.0 Å². The molecule has 1 fully saturated rings. The number of isocyanates is 1. The minimum Gasteiger partial charge on any atom is -0.211 e. The summed E-state index contributed by atoms with van der Waals surface area (Å²) in [6.07, 6.45) is -0.938. The van der Waals surface area contributed by atoms with E-state index in [1.165, 1.54) is 6.08 Å². The lowest BCUT2D eigenvalue weighted by Gasteiger charge is -2.37. The fraction of sp³-hybridized carbons (Fsp3) is 0.417. The predicted molar refractivity (Wildman–Crippen MR) is 62.8 cm³/mol. The fourth-order valence-electron chi connectivity index (χ4n) is 2.09. The Morgan fingerprint density at radius 3 is 2.39 bits per heavy atom. The van der Waals surface area contributed by atoms with Crippen LogP contribution < -0.4 is 0 Å². The molecule has 1 aromatic rings. The minimum absolute atomic E-state index is 0.333. The lowest BCUT2D eigenvalue weighted by Crippen LogP contribution is -2.32. The molecule has 1 aromatic carbocycles. The number of aliphatic imine (C=N–C) groups is 1. The Balaban J connectivity index is 2.51. The van der Waals surface area contributed by atoms with E-state index in [0.29, 0.717) is 22.9 Å². The van der Waals surface area contributed by atoms with E-state index in [-0.39, 0.29) is 0 Å². The average Bonchev–Trinajstić information content (AvgIpc) is 2.21. The van der Waals surface area contributed by atoms with E-state index >= 15 is 0 Å². The number of hydrogen-bond acceptors (Lipinski definition) is 2. The summed E-state index contributed by atoms with van der Waals surface area (Å²) in [5, 5.41) is 0. The van der Waals surface area contributed by atoms with E-state index in [4.69, 9.17) is 0 Å². The van der Waals surface area contributed by atoms with Gasteiger partial charge in [-0.3, -0.25) is 0 Å². The van der Waals surface area contributed by atoms with Crippen molar-refractivity contribution in [3.8, 4) is 0 Å². The van der Waals surface area contributed by atoms with Gasteiger partial charge in [-0.05, 0) is 43.0 Å². The number of hydrogen-bond donors (Lipinski definition) is 0. The number of carbonyl (C=O) groups excluding carboxylic acids is 1. The van der Waals surface area contributed by atoms with Crippen molar-refractivity contribution in [3.63, 3.8) is 0 Å². The molecule has 2 nitrogen and oxygen atoms in total. The topological polar surface area (TPSA) is 29.4 Å². The molecule has 2 rings (SSSR count). The summed E-state index contributed by atoms with van der Waals surface area (Å²) in [7, 11) is 0. The van der Waals surface area contributed by atoms with Crippen LogP contribution in [0.3, 0.4) is 0 Å². The summed E-state index contributed by atoms with van der Waals surface area (Å²) in [5.41, 5.74) is -1.14. The molecule has 0 aromatic heterocycles. The molecule has 1 aliphatic carbocycles. The van der Waals surface area contributed by atoms with Crippen LogP contribution in [-0.4, -0.2) is 6.08 Å². The van der Waals surface area contributed by atoms with Crippen LogP contribution in [0.5, 0.6) is 0 Å². The molecule has 0 amide bonds. The minimum atomic E-state index is -4.41. The lowest BCUT2D eigenvalue weighted by atomic mass is 9.72. The Kier molecular flexibility index (Phi) is 3.34. The van der Waals surface area contributed by atoms with Crippen LogP contribution in [0.4, 0.5) is 13.2 Å². The molecular weight excluding hydrogens is 311 g/mol. The first-order chi connectivity index (χ1) is 8.37. The van der Waals surface area contributed by atoms with Gasteiger partial charge in [-0.2, -0.15) is 18.2 Å². The molecule has 1 saturated carbocycles. The van der Waals surface area contributed by atoms with Crippen LogP contribution in [0.1, 0.15) is 30.4 Å². The number of rotatable bonds is 2. The van der Waals surface area contributed by atoms with E-state index < -0.39 is 17.3 Å². The quantitative estimate of drug-likeness (QED) is 0.594. The molecule has 96 valence electrons. The highest BCUT2D eigenvalue weighted by molar-refractivity contribution is 9.10. The maximum atomic E-state index is 12.7. The predicted octanol–water partition coefficient (Wildman–Crippen LogP) is 4.18. The van der Waals surface area contributed by atoms with Crippen molar-refractivity contribution in [1.29, 1.82) is 0 Å². The summed E-state index contributed by atoms with van der Waals surface area (Å²) in [6.45, 7) is 0. The third-order valence-corrected chi connectivity index (χ3v) is 3.66. The second kappa shape index (κ2) is 4.52. The zero-order valence-corrected chi connectivity index (χ0v) is 10.8. The van der Waals surface area contributed by atoms with Gasteiger partial charge in [-0.1, -0.05) is 15.9 Å². The van der Waals surface area contributed by atoms with E-state index in [2.05, 4.69) is 20.9 Å². The van der Waals surface area contributed by atoms with Gasteiger partial charge in [0.25, 0.3) is 0 Å². The standard InChI is InChI=1S/C12H9BrF3NO/c13-10-5-8(4-9(6-10)12(14,15)16)11(17-7-18)2-1-3-11/h4-6H,1-3H2. The molecule has 0 N–H and O–H groups in total. The van der Waals surface area contributed by atoms with E-state index in [1.807, 2.05) is 0 Å². The van der Waals surface area contributed by atoms with Crippen molar-refractivity contribution < 1.29 is 18.0 Å². The van der Waals surface area contributed by atoms with Gasteiger partial charge in [0, 0.05) is 4.47 Å². The van der Waals surface area contributed by atoms with Gasteiger partial charge < -0.3 is 0 Å². The Hall–Kier alpha value is -1.13. The van der Waals surface area contributed by atoms with Crippen LogP contribution in [0, 0.1) is 0 Å².